The van der Waals surface area contributed by atoms with E-state index in [2.05, 4.69) is 15.2 Å². The number of nitrogens with one attached hydrogen (secondary N) is 1. The molecule has 6 nitrogen and oxygen atoms in total. The highest BCUT2D eigenvalue weighted by atomic mass is 32.2. The largest absolute Gasteiger partial charge is 0.351 e. The minimum atomic E-state index is -0.316. The Morgan fingerprint density at radius 2 is 1.88 bits per heavy atom. The van der Waals surface area contributed by atoms with Gasteiger partial charge in [-0.15, -0.1) is 11.8 Å². The number of hydrogen-bond acceptors (Lipinski definition) is 5. The predicted octanol–water partition coefficient (Wildman–Crippen LogP) is 3.32. The third-order valence-electron chi connectivity index (χ3n) is 5.66. The maximum atomic E-state index is 13.7. The fourth-order valence-corrected chi connectivity index (χ4v) is 4.82. The molecule has 0 spiro atoms. The van der Waals surface area contributed by atoms with Crippen LogP contribution in [0, 0.1) is 5.82 Å². The predicted molar refractivity (Wildman–Crippen MR) is 128 cm³/mol. The monoisotopic (exact) mass is 466 g/mol. The minimum Gasteiger partial charge on any atom is -0.351 e. The molecule has 0 saturated carbocycles. The molecule has 8 heteroatoms. The van der Waals surface area contributed by atoms with E-state index >= 15 is 0 Å². The second-order valence-corrected chi connectivity index (χ2v) is 9.05. The summed E-state index contributed by atoms with van der Waals surface area (Å²) in [6, 6.07) is 16.1. The van der Waals surface area contributed by atoms with Crippen molar-refractivity contribution in [2.24, 2.45) is 0 Å². The molecule has 33 heavy (non-hydrogen) atoms. The van der Waals surface area contributed by atoms with Gasteiger partial charge in [-0.05, 0) is 36.2 Å². The summed E-state index contributed by atoms with van der Waals surface area (Å²) in [4.78, 5) is 34.2. The molecule has 2 aromatic carbocycles. The fourth-order valence-electron chi connectivity index (χ4n) is 3.88. The van der Waals surface area contributed by atoms with Gasteiger partial charge in [0.05, 0.1) is 17.8 Å². The number of carbonyl (C=O) groups excluding carboxylic acids is 2. The van der Waals surface area contributed by atoms with E-state index < -0.39 is 0 Å². The van der Waals surface area contributed by atoms with Crippen LogP contribution in [-0.2, 0) is 16.1 Å². The zero-order chi connectivity index (χ0) is 23.0. The Hall–Kier alpha value is -2.97. The molecule has 0 atom stereocenters. The Bertz CT molecular complexity index is 1110. The zero-order valence-corrected chi connectivity index (χ0v) is 19.2. The van der Waals surface area contributed by atoms with Crippen molar-refractivity contribution >= 4 is 34.5 Å². The number of aromatic nitrogens is 1. The van der Waals surface area contributed by atoms with Crippen LogP contribution in [0.4, 0.5) is 4.39 Å². The third-order valence-corrected chi connectivity index (χ3v) is 6.71. The first-order valence-corrected chi connectivity index (χ1v) is 12.0. The average molecular weight is 467 g/mol. The molecule has 0 bridgehead atoms. The van der Waals surface area contributed by atoms with Crippen molar-refractivity contribution < 1.29 is 14.0 Å². The number of amides is 2. The number of pyridine rings is 1. The highest BCUT2D eigenvalue weighted by molar-refractivity contribution is 8.00. The van der Waals surface area contributed by atoms with Gasteiger partial charge in [-0.1, -0.05) is 30.3 Å². The summed E-state index contributed by atoms with van der Waals surface area (Å²) in [5.41, 5.74) is 1.78. The van der Waals surface area contributed by atoms with Crippen molar-refractivity contribution in [1.82, 2.24) is 20.1 Å². The summed E-state index contributed by atoms with van der Waals surface area (Å²) in [6.07, 6.45) is 2.51. The van der Waals surface area contributed by atoms with E-state index in [4.69, 9.17) is 0 Å². The number of rotatable bonds is 7. The van der Waals surface area contributed by atoms with Crippen molar-refractivity contribution in [3.63, 3.8) is 0 Å². The van der Waals surface area contributed by atoms with Crippen LogP contribution < -0.4 is 5.32 Å². The van der Waals surface area contributed by atoms with Gasteiger partial charge in [0.15, 0.2) is 0 Å². The van der Waals surface area contributed by atoms with Crippen molar-refractivity contribution in [3.8, 4) is 0 Å². The molecule has 1 fully saturated rings. The summed E-state index contributed by atoms with van der Waals surface area (Å²) in [7, 11) is 0. The van der Waals surface area contributed by atoms with Crippen molar-refractivity contribution in [1.29, 1.82) is 0 Å². The van der Waals surface area contributed by atoms with E-state index in [0.29, 0.717) is 38.2 Å². The zero-order valence-electron chi connectivity index (χ0n) is 18.4. The number of halogens is 1. The Morgan fingerprint density at radius 3 is 2.73 bits per heavy atom. The van der Waals surface area contributed by atoms with Crippen molar-refractivity contribution in [3.05, 3.63) is 72.2 Å². The van der Waals surface area contributed by atoms with E-state index in [1.165, 1.54) is 23.9 Å². The molecule has 3 aromatic rings. The molecule has 2 heterocycles. The summed E-state index contributed by atoms with van der Waals surface area (Å²) >= 11 is 1.41. The SMILES string of the molecule is O=C(CN1CCCN(C(=O)CSc2ccnc3ccc(F)cc23)CC1)NCc1ccccc1. The van der Waals surface area contributed by atoms with Gasteiger partial charge in [0.2, 0.25) is 11.8 Å². The van der Waals surface area contributed by atoms with Crippen molar-refractivity contribution in [2.45, 2.75) is 17.9 Å². The summed E-state index contributed by atoms with van der Waals surface area (Å²) < 4.78 is 13.7. The van der Waals surface area contributed by atoms with E-state index in [1.54, 1.807) is 12.3 Å². The van der Waals surface area contributed by atoms with Gasteiger partial charge in [0.1, 0.15) is 5.82 Å². The van der Waals surface area contributed by atoms with Gasteiger partial charge in [-0.3, -0.25) is 19.5 Å². The van der Waals surface area contributed by atoms with Crippen LogP contribution in [0.2, 0.25) is 0 Å². The maximum Gasteiger partial charge on any atom is 0.234 e. The number of hydrogen-bond donors (Lipinski definition) is 1. The fraction of sp³-hybridized carbons (Fsp3) is 0.320. The number of carbonyl (C=O) groups is 2. The lowest BCUT2D eigenvalue weighted by molar-refractivity contribution is -0.128. The first kappa shape index (κ1) is 23.2. The first-order valence-electron chi connectivity index (χ1n) is 11.1. The molecule has 172 valence electrons. The van der Waals surface area contributed by atoms with Gasteiger partial charge >= 0.3 is 0 Å². The number of fused-ring (bicyclic) bond motifs is 1. The van der Waals surface area contributed by atoms with Crippen LogP contribution >= 0.6 is 11.8 Å². The minimum absolute atomic E-state index is 0.00835. The molecule has 0 radical (unpaired) electrons. The summed E-state index contributed by atoms with van der Waals surface area (Å²) in [5, 5.41) is 3.68. The van der Waals surface area contributed by atoms with Crippen LogP contribution in [-0.4, -0.2) is 65.1 Å². The maximum absolute atomic E-state index is 13.7. The van der Waals surface area contributed by atoms with Crippen LogP contribution in [0.15, 0.2) is 65.7 Å². The molecular formula is C25H27FN4O2S. The molecule has 1 aromatic heterocycles. The van der Waals surface area contributed by atoms with Gasteiger partial charge in [0, 0.05) is 49.2 Å². The highest BCUT2D eigenvalue weighted by Gasteiger charge is 2.21. The van der Waals surface area contributed by atoms with E-state index in [9.17, 15) is 14.0 Å². The molecule has 2 amide bonds. The second-order valence-electron chi connectivity index (χ2n) is 8.03. The van der Waals surface area contributed by atoms with Crippen LogP contribution in [0.5, 0.6) is 0 Å². The Kier molecular flexibility index (Phi) is 7.91. The van der Waals surface area contributed by atoms with Crippen LogP contribution in [0.1, 0.15) is 12.0 Å². The molecule has 4 rings (SSSR count). The van der Waals surface area contributed by atoms with E-state index in [1.807, 2.05) is 41.3 Å². The lowest BCUT2D eigenvalue weighted by Gasteiger charge is -2.22. The molecule has 1 N–H and O–H groups in total. The van der Waals surface area contributed by atoms with E-state index in [0.717, 1.165) is 28.8 Å². The molecule has 0 aliphatic carbocycles. The molecule has 1 aliphatic heterocycles. The molecular weight excluding hydrogens is 439 g/mol. The second kappa shape index (κ2) is 11.2. The molecule has 1 aliphatic rings. The number of thioether (sulfide) groups is 1. The van der Waals surface area contributed by atoms with E-state index in [-0.39, 0.29) is 23.4 Å². The van der Waals surface area contributed by atoms with Crippen LogP contribution in [0.25, 0.3) is 10.9 Å². The normalized spacial score (nSPS) is 14.8. The highest BCUT2D eigenvalue weighted by Crippen LogP contribution is 2.27. The van der Waals surface area contributed by atoms with Gasteiger partial charge in [-0.2, -0.15) is 0 Å². The molecule has 0 unspecified atom stereocenters. The Balaban J connectivity index is 1.25. The summed E-state index contributed by atoms with van der Waals surface area (Å²) in [6.45, 7) is 3.56. The van der Waals surface area contributed by atoms with Crippen LogP contribution in [0.3, 0.4) is 0 Å². The van der Waals surface area contributed by atoms with Gasteiger partial charge < -0.3 is 10.2 Å². The van der Waals surface area contributed by atoms with Crippen molar-refractivity contribution in [2.75, 3.05) is 38.5 Å². The average Bonchev–Trinajstić information content (AvgIpc) is 3.07. The topological polar surface area (TPSA) is 65.5 Å². The number of nitrogens with zero attached hydrogens (tertiary/aromatic N) is 3. The Labute approximate surface area is 197 Å². The number of benzene rings is 2. The quantitative estimate of drug-likeness (QED) is 0.541. The standard InChI is InChI=1S/C25H27FN4O2S/c26-20-7-8-22-21(15-20)23(9-10-27-22)33-18-25(32)30-12-4-11-29(13-14-30)17-24(31)28-16-19-5-2-1-3-6-19/h1-3,5-10,15H,4,11-14,16-18H2,(H,28,31). The van der Waals surface area contributed by atoms with Gasteiger partial charge in [-0.25, -0.2) is 4.39 Å². The Morgan fingerprint density at radius 1 is 1.03 bits per heavy atom. The molecule has 1 saturated heterocycles. The summed E-state index contributed by atoms with van der Waals surface area (Å²) in [5.74, 6) is 0.0134. The smallest absolute Gasteiger partial charge is 0.234 e. The van der Waals surface area contributed by atoms with Gasteiger partial charge in [0.25, 0.3) is 0 Å². The third kappa shape index (κ3) is 6.52. The lowest BCUT2D eigenvalue weighted by atomic mass is 10.2. The first-order chi connectivity index (χ1) is 16.1. The lowest BCUT2D eigenvalue weighted by Crippen LogP contribution is -2.40.